The van der Waals surface area contributed by atoms with Crippen molar-refractivity contribution < 1.29 is 13.7 Å². The summed E-state index contributed by atoms with van der Waals surface area (Å²) in [6.07, 6.45) is 0. The molecule has 3 heterocycles. The predicted octanol–water partition coefficient (Wildman–Crippen LogP) is 11.5. The van der Waals surface area contributed by atoms with Crippen LogP contribution in [0.1, 0.15) is 13.7 Å². The van der Waals surface area contributed by atoms with Crippen LogP contribution >= 0.6 is 11.3 Å². The largest absolute Gasteiger partial charge is 0.276 e. The molecule has 0 aliphatic carbocycles. The van der Waals surface area contributed by atoms with Gasteiger partial charge < -0.3 is 0 Å². The number of rotatable bonds is 4. The number of fused-ring (bicyclic) bond motifs is 8. The molecule has 224 valence electrons. The number of thiophene rings is 1. The molecular formula is C43H26N4S. The molecule has 48 heavy (non-hydrogen) atoms. The summed E-state index contributed by atoms with van der Waals surface area (Å²) in [7, 11) is 0. The van der Waals surface area contributed by atoms with Gasteiger partial charge in [0.25, 0.3) is 0 Å². The molecule has 0 aliphatic rings. The first-order chi connectivity index (χ1) is 28.0. The molecule has 7 aromatic carbocycles. The second-order valence-corrected chi connectivity index (χ2v) is 12.3. The average Bonchev–Trinajstić information content (AvgIpc) is 3.84. The minimum atomic E-state index is -0.522. The van der Waals surface area contributed by atoms with Crippen molar-refractivity contribution in [3.8, 4) is 39.9 Å². The maximum Gasteiger partial charge on any atom is 0.238 e. The van der Waals surface area contributed by atoms with Gasteiger partial charge in [-0.25, -0.2) is 4.98 Å². The second kappa shape index (κ2) is 10.7. The third-order valence-corrected chi connectivity index (χ3v) is 9.67. The van der Waals surface area contributed by atoms with E-state index in [0.29, 0.717) is 11.1 Å². The smallest absolute Gasteiger partial charge is 0.238 e. The molecule has 0 saturated carbocycles. The molecule has 0 fully saturated rings. The van der Waals surface area contributed by atoms with Crippen LogP contribution in [0.3, 0.4) is 0 Å². The van der Waals surface area contributed by atoms with Gasteiger partial charge in [0.2, 0.25) is 5.95 Å². The van der Waals surface area contributed by atoms with Crippen LogP contribution in [-0.4, -0.2) is 19.5 Å². The Labute approximate surface area is 294 Å². The van der Waals surface area contributed by atoms with Crippen LogP contribution in [0.15, 0.2) is 157 Å². The molecule has 0 saturated heterocycles. The van der Waals surface area contributed by atoms with E-state index >= 15 is 0 Å². The third kappa shape index (κ3) is 4.18. The normalized spacial score (nSPS) is 14.7. The van der Waals surface area contributed by atoms with Gasteiger partial charge in [0.15, 0.2) is 11.6 Å². The van der Waals surface area contributed by atoms with Gasteiger partial charge in [-0.05, 0) is 34.0 Å². The van der Waals surface area contributed by atoms with Gasteiger partial charge >= 0.3 is 0 Å². The lowest BCUT2D eigenvalue weighted by Gasteiger charge is -2.12. The van der Waals surface area contributed by atoms with Gasteiger partial charge in [-0.15, -0.1) is 11.3 Å². The molecular weight excluding hydrogens is 605 g/mol. The van der Waals surface area contributed by atoms with Crippen molar-refractivity contribution in [3.05, 3.63) is 157 Å². The molecule has 0 radical (unpaired) electrons. The van der Waals surface area contributed by atoms with E-state index in [4.69, 9.17) is 24.5 Å². The zero-order valence-corrected chi connectivity index (χ0v) is 25.8. The lowest BCUT2D eigenvalue weighted by molar-refractivity contribution is 0.955. The van der Waals surface area contributed by atoms with Crippen LogP contribution in [-0.2, 0) is 0 Å². The highest BCUT2D eigenvalue weighted by Crippen LogP contribution is 2.42. The maximum atomic E-state index is 9.35. The Morgan fingerprint density at radius 3 is 2.02 bits per heavy atom. The molecule has 0 atom stereocenters. The fourth-order valence-corrected chi connectivity index (χ4v) is 7.46. The lowest BCUT2D eigenvalue weighted by Crippen LogP contribution is -2.06. The summed E-state index contributed by atoms with van der Waals surface area (Å²) in [6.45, 7) is 0. The Morgan fingerprint density at radius 2 is 1.17 bits per heavy atom. The number of benzene rings is 7. The molecule has 0 bridgehead atoms. The first-order valence-corrected chi connectivity index (χ1v) is 16.0. The number of hydrogen-bond donors (Lipinski definition) is 0. The quantitative estimate of drug-likeness (QED) is 0.192. The van der Waals surface area contributed by atoms with Gasteiger partial charge in [0, 0.05) is 37.4 Å². The average molecular weight is 641 g/mol. The van der Waals surface area contributed by atoms with E-state index in [0.717, 1.165) is 33.2 Å². The molecule has 0 unspecified atom stereocenters. The first kappa shape index (κ1) is 18.8. The number of nitrogens with zero attached hydrogens (tertiary/aromatic N) is 4. The molecule has 0 aliphatic heterocycles. The highest BCUT2D eigenvalue weighted by molar-refractivity contribution is 7.26. The third-order valence-electron chi connectivity index (χ3n) is 8.56. The lowest BCUT2D eigenvalue weighted by atomic mass is 9.97. The number of para-hydroxylation sites is 1. The van der Waals surface area contributed by atoms with Crippen LogP contribution in [0.5, 0.6) is 0 Å². The predicted molar refractivity (Wildman–Crippen MR) is 201 cm³/mol. The van der Waals surface area contributed by atoms with Gasteiger partial charge in [0.1, 0.15) is 0 Å². The first-order valence-electron chi connectivity index (χ1n) is 20.2. The maximum absolute atomic E-state index is 9.35. The fourth-order valence-electron chi connectivity index (χ4n) is 6.35. The van der Waals surface area contributed by atoms with E-state index in [1.807, 2.05) is 72.8 Å². The van der Waals surface area contributed by atoms with Gasteiger partial charge in [-0.2, -0.15) is 9.97 Å². The topological polar surface area (TPSA) is 43.6 Å². The van der Waals surface area contributed by atoms with Crippen molar-refractivity contribution in [2.24, 2.45) is 0 Å². The minimum Gasteiger partial charge on any atom is -0.276 e. The molecule has 0 amide bonds. The summed E-state index contributed by atoms with van der Waals surface area (Å²) in [4.78, 5) is 14.8. The number of hydrogen-bond acceptors (Lipinski definition) is 4. The van der Waals surface area contributed by atoms with E-state index in [-0.39, 0.29) is 83.7 Å². The monoisotopic (exact) mass is 640 g/mol. The van der Waals surface area contributed by atoms with Crippen molar-refractivity contribution in [2.75, 3.05) is 0 Å². The van der Waals surface area contributed by atoms with E-state index in [1.165, 1.54) is 4.57 Å². The highest BCUT2D eigenvalue weighted by Gasteiger charge is 2.21. The Morgan fingerprint density at radius 1 is 0.500 bits per heavy atom. The molecule has 0 spiro atoms. The molecule has 5 heteroatoms. The van der Waals surface area contributed by atoms with Gasteiger partial charge in [-0.3, -0.25) is 4.57 Å². The van der Waals surface area contributed by atoms with Crippen molar-refractivity contribution >= 4 is 64.1 Å². The van der Waals surface area contributed by atoms with E-state index in [1.54, 1.807) is 0 Å². The fraction of sp³-hybridized carbons (Fsp3) is 0. The highest BCUT2D eigenvalue weighted by atomic mass is 32.1. The van der Waals surface area contributed by atoms with Gasteiger partial charge in [-0.1, -0.05) is 145 Å². The molecule has 4 nitrogen and oxygen atoms in total. The Bertz CT molecular complexity index is 3400. The van der Waals surface area contributed by atoms with Crippen molar-refractivity contribution in [2.45, 2.75) is 0 Å². The van der Waals surface area contributed by atoms with Crippen LogP contribution in [0.25, 0.3) is 92.6 Å². The standard InChI is InChI=1S/C43H26N4S/c1-2-12-29(13-3-1)41-44-42(30-23-21-28(22-24-30)32-18-10-14-27-11-4-5-15-31(27)32)46-43(45-41)47-37-19-8-6-16-33(37)35-25-26-36-34-17-7-9-20-38(34)48-40(36)39(35)47/h1-26H/i6D,7D,8D,9D,16D,17D,19D,20D,25D,26D. The van der Waals surface area contributed by atoms with Crippen molar-refractivity contribution in [3.63, 3.8) is 0 Å². The molecule has 10 rings (SSSR count). The molecule has 0 N–H and O–H groups in total. The summed E-state index contributed by atoms with van der Waals surface area (Å²) in [5.41, 5.74) is 3.47. The van der Waals surface area contributed by atoms with Crippen molar-refractivity contribution in [1.29, 1.82) is 0 Å². The van der Waals surface area contributed by atoms with E-state index in [9.17, 15) is 4.11 Å². The Hall–Kier alpha value is -6.17. The van der Waals surface area contributed by atoms with Crippen molar-refractivity contribution in [1.82, 2.24) is 19.5 Å². The SMILES string of the molecule is [2H]c1c([2H])c([2H])c2c(sc3c2c([2H])c([2H])c2c4c([2H])c([2H])c([2H])c([2H])c4n(-c4nc(-c5ccccc5)nc(-c5ccc(-c6cccc7ccccc67)cc5)n4)c32)c1[2H]. The van der Waals surface area contributed by atoms with E-state index < -0.39 is 36.3 Å². The summed E-state index contributed by atoms with van der Waals surface area (Å²) in [5, 5.41) is 2.43. The molecule has 3 aromatic heterocycles. The number of aromatic nitrogens is 4. The van der Waals surface area contributed by atoms with E-state index in [2.05, 4.69) is 24.3 Å². The summed E-state index contributed by atoms with van der Waals surface area (Å²) >= 11 is 1.00. The second-order valence-electron chi connectivity index (χ2n) is 11.3. The zero-order valence-electron chi connectivity index (χ0n) is 34.9. The Balaban J connectivity index is 1.33. The summed E-state index contributed by atoms with van der Waals surface area (Å²) < 4.78 is 90.5. The minimum absolute atomic E-state index is 0.0129. The Kier molecular flexibility index (Phi) is 4.20. The van der Waals surface area contributed by atoms with Crippen LogP contribution in [0, 0.1) is 0 Å². The summed E-state index contributed by atoms with van der Waals surface area (Å²) in [6, 6.07) is 27.1. The molecule has 10 aromatic rings. The summed E-state index contributed by atoms with van der Waals surface area (Å²) in [5.74, 6) is 0.506. The van der Waals surface area contributed by atoms with Crippen LogP contribution < -0.4 is 0 Å². The van der Waals surface area contributed by atoms with Crippen LogP contribution in [0.2, 0.25) is 0 Å². The van der Waals surface area contributed by atoms with Gasteiger partial charge in [0.05, 0.1) is 29.4 Å². The zero-order chi connectivity index (χ0) is 40.3. The van der Waals surface area contributed by atoms with Crippen LogP contribution in [0.4, 0.5) is 0 Å².